The lowest BCUT2D eigenvalue weighted by Crippen LogP contribution is -2.56. The molecule has 0 saturated carbocycles. The zero-order valence-corrected chi connectivity index (χ0v) is 14.3. The summed E-state index contributed by atoms with van der Waals surface area (Å²) in [5, 5.41) is 2.95. The van der Waals surface area contributed by atoms with Crippen LogP contribution in [-0.2, 0) is 4.79 Å². The van der Waals surface area contributed by atoms with Gasteiger partial charge in [-0.05, 0) is 39.5 Å². The first kappa shape index (κ1) is 17.2. The Morgan fingerprint density at radius 1 is 1.23 bits per heavy atom. The summed E-state index contributed by atoms with van der Waals surface area (Å²) in [4.78, 5) is 28.8. The molecule has 2 saturated heterocycles. The van der Waals surface area contributed by atoms with Crippen molar-refractivity contribution < 1.29 is 9.59 Å². The van der Waals surface area contributed by atoms with E-state index in [-0.39, 0.29) is 11.9 Å². The third kappa shape index (κ3) is 2.99. The molecule has 0 aromatic heterocycles. The summed E-state index contributed by atoms with van der Waals surface area (Å²) >= 11 is 0. The minimum Gasteiger partial charge on any atom is -0.324 e. The molecule has 0 aromatic rings. The van der Waals surface area contributed by atoms with Crippen molar-refractivity contribution in [2.75, 3.05) is 19.6 Å². The summed E-state index contributed by atoms with van der Waals surface area (Å²) in [7, 11) is 0. The van der Waals surface area contributed by atoms with E-state index in [1.54, 1.807) is 0 Å². The van der Waals surface area contributed by atoms with Crippen molar-refractivity contribution in [1.29, 1.82) is 0 Å². The Balaban J connectivity index is 2.09. The predicted molar refractivity (Wildman–Crippen MR) is 86.4 cm³/mol. The van der Waals surface area contributed by atoms with Gasteiger partial charge in [0.1, 0.15) is 5.54 Å². The monoisotopic (exact) mass is 310 g/mol. The number of imide groups is 1. The van der Waals surface area contributed by atoms with Crippen molar-refractivity contribution in [2.45, 2.75) is 70.5 Å². The van der Waals surface area contributed by atoms with Crippen LogP contribution in [-0.4, -0.2) is 58.5 Å². The van der Waals surface area contributed by atoms with Crippen LogP contribution in [0.15, 0.2) is 0 Å². The van der Waals surface area contributed by atoms with Crippen LogP contribution in [0, 0.1) is 0 Å². The van der Waals surface area contributed by atoms with Crippen LogP contribution in [0.1, 0.15) is 53.4 Å². The van der Waals surface area contributed by atoms with E-state index in [4.69, 9.17) is 5.73 Å². The topological polar surface area (TPSA) is 78.7 Å². The Hall–Kier alpha value is -1.14. The van der Waals surface area contributed by atoms with Crippen LogP contribution in [0.4, 0.5) is 4.79 Å². The van der Waals surface area contributed by atoms with Crippen LogP contribution in [0.3, 0.4) is 0 Å². The van der Waals surface area contributed by atoms with E-state index in [2.05, 4.69) is 24.1 Å². The molecule has 2 aliphatic heterocycles. The Morgan fingerprint density at radius 2 is 1.77 bits per heavy atom. The van der Waals surface area contributed by atoms with Crippen molar-refractivity contribution in [3.05, 3.63) is 0 Å². The van der Waals surface area contributed by atoms with Crippen LogP contribution in [0.25, 0.3) is 0 Å². The number of hydrogen-bond acceptors (Lipinski definition) is 4. The van der Waals surface area contributed by atoms with Gasteiger partial charge in [0.2, 0.25) is 0 Å². The molecule has 3 amide bonds. The number of urea groups is 1. The third-order valence-electron chi connectivity index (χ3n) is 5.51. The van der Waals surface area contributed by atoms with Gasteiger partial charge < -0.3 is 16.0 Å². The van der Waals surface area contributed by atoms with Crippen LogP contribution < -0.4 is 11.1 Å². The van der Waals surface area contributed by atoms with Gasteiger partial charge in [-0.2, -0.15) is 0 Å². The quantitative estimate of drug-likeness (QED) is 0.750. The number of nitrogens with zero attached hydrogens (tertiary/aromatic N) is 2. The minimum atomic E-state index is -0.704. The lowest BCUT2D eigenvalue weighted by Gasteiger charge is -2.39. The molecule has 0 aliphatic carbocycles. The minimum absolute atomic E-state index is 0.0855. The fourth-order valence-corrected chi connectivity index (χ4v) is 3.37. The molecule has 126 valence electrons. The highest BCUT2D eigenvalue weighted by Gasteiger charge is 2.53. The number of nitrogens with two attached hydrogens (primary N) is 1. The van der Waals surface area contributed by atoms with Crippen LogP contribution >= 0.6 is 0 Å². The molecule has 0 unspecified atom stereocenters. The standard InChI is InChI=1S/C16H30N4O2/c1-5-15(17,6-2)11-20-13(21)16(18-14(20)22)7-9-19(10-8-16)12(3)4/h12H,5-11,17H2,1-4H3,(H,18,22). The largest absolute Gasteiger partial charge is 0.325 e. The SMILES string of the molecule is CCC(N)(CC)CN1C(=O)NC2(CCN(C(C)C)CC2)C1=O. The molecule has 6 heteroatoms. The molecule has 2 fully saturated rings. The normalized spacial score (nSPS) is 22.7. The van der Waals surface area contributed by atoms with E-state index in [0.717, 1.165) is 25.9 Å². The highest BCUT2D eigenvalue weighted by Crippen LogP contribution is 2.31. The Morgan fingerprint density at radius 3 is 2.23 bits per heavy atom. The lowest BCUT2D eigenvalue weighted by atomic mass is 9.86. The average Bonchev–Trinajstić information content (AvgIpc) is 2.72. The molecule has 1 spiro atoms. The second-order valence-electron chi connectivity index (χ2n) is 7.10. The van der Waals surface area contributed by atoms with Crippen molar-refractivity contribution >= 4 is 11.9 Å². The van der Waals surface area contributed by atoms with Crippen LogP contribution in [0.2, 0.25) is 0 Å². The summed E-state index contributed by atoms with van der Waals surface area (Å²) in [6.07, 6.45) is 2.85. The number of likely N-dealkylation sites (tertiary alicyclic amines) is 1. The molecule has 2 heterocycles. The first-order valence-electron chi connectivity index (χ1n) is 8.44. The molecule has 0 bridgehead atoms. The number of nitrogens with one attached hydrogen (secondary N) is 1. The number of hydrogen-bond donors (Lipinski definition) is 2. The summed E-state index contributed by atoms with van der Waals surface area (Å²) in [5.41, 5.74) is 5.11. The summed E-state index contributed by atoms with van der Waals surface area (Å²) in [6, 6.07) is 0.192. The van der Waals surface area contributed by atoms with Crippen molar-refractivity contribution in [3.8, 4) is 0 Å². The molecule has 22 heavy (non-hydrogen) atoms. The molecule has 2 aliphatic rings. The summed E-state index contributed by atoms with van der Waals surface area (Å²) in [5.74, 6) is -0.0855. The number of carbonyl (C=O) groups is 2. The van der Waals surface area contributed by atoms with Gasteiger partial charge >= 0.3 is 6.03 Å². The smallest absolute Gasteiger partial charge is 0.324 e. The zero-order valence-electron chi connectivity index (χ0n) is 14.3. The first-order chi connectivity index (χ1) is 10.3. The van der Waals surface area contributed by atoms with Gasteiger partial charge in [-0.3, -0.25) is 9.69 Å². The molecular weight excluding hydrogens is 280 g/mol. The molecular formula is C16H30N4O2. The zero-order chi connectivity index (χ0) is 16.5. The molecule has 3 N–H and O–H groups in total. The van der Waals surface area contributed by atoms with Crippen LogP contribution in [0.5, 0.6) is 0 Å². The predicted octanol–water partition coefficient (Wildman–Crippen LogP) is 1.30. The molecule has 0 aromatic carbocycles. The maximum Gasteiger partial charge on any atom is 0.325 e. The van der Waals surface area contributed by atoms with Gasteiger partial charge in [0.15, 0.2) is 0 Å². The highest BCUT2D eigenvalue weighted by molar-refractivity contribution is 6.07. The molecule has 6 nitrogen and oxygen atoms in total. The van der Waals surface area contributed by atoms with Gasteiger partial charge in [0.05, 0.1) is 0 Å². The van der Waals surface area contributed by atoms with Crippen molar-refractivity contribution in [3.63, 3.8) is 0 Å². The van der Waals surface area contributed by atoms with Gasteiger partial charge in [-0.15, -0.1) is 0 Å². The van der Waals surface area contributed by atoms with E-state index < -0.39 is 11.1 Å². The van der Waals surface area contributed by atoms with E-state index in [0.29, 0.717) is 25.4 Å². The molecule has 0 atom stereocenters. The van der Waals surface area contributed by atoms with Gasteiger partial charge in [0.25, 0.3) is 5.91 Å². The van der Waals surface area contributed by atoms with Gasteiger partial charge in [-0.1, -0.05) is 13.8 Å². The first-order valence-corrected chi connectivity index (χ1v) is 8.44. The van der Waals surface area contributed by atoms with Crippen molar-refractivity contribution in [1.82, 2.24) is 15.1 Å². The second kappa shape index (κ2) is 6.16. The van der Waals surface area contributed by atoms with Crippen molar-refractivity contribution in [2.24, 2.45) is 5.73 Å². The Labute approximate surface area is 133 Å². The van der Waals surface area contributed by atoms with Gasteiger partial charge in [0, 0.05) is 31.2 Å². The number of carbonyl (C=O) groups excluding carboxylic acids is 2. The van der Waals surface area contributed by atoms with Gasteiger partial charge in [-0.25, -0.2) is 4.79 Å². The molecule has 0 radical (unpaired) electrons. The fraction of sp³-hybridized carbons (Fsp3) is 0.875. The summed E-state index contributed by atoms with van der Waals surface area (Å²) in [6.45, 7) is 10.3. The number of amides is 3. The maximum absolute atomic E-state index is 12.8. The fourth-order valence-electron chi connectivity index (χ4n) is 3.37. The summed E-state index contributed by atoms with van der Waals surface area (Å²) < 4.78 is 0. The second-order valence-corrected chi connectivity index (χ2v) is 7.10. The van der Waals surface area contributed by atoms with E-state index in [1.807, 2.05) is 13.8 Å². The third-order valence-corrected chi connectivity index (χ3v) is 5.51. The number of rotatable bonds is 5. The lowest BCUT2D eigenvalue weighted by molar-refractivity contribution is -0.133. The number of piperidine rings is 1. The molecule has 2 rings (SSSR count). The Kier molecular flexibility index (Phi) is 4.82. The van der Waals surface area contributed by atoms with E-state index in [9.17, 15) is 9.59 Å². The van der Waals surface area contributed by atoms with E-state index >= 15 is 0 Å². The van der Waals surface area contributed by atoms with E-state index in [1.165, 1.54) is 4.90 Å². The average molecular weight is 310 g/mol. The maximum atomic E-state index is 12.8. The Bertz CT molecular complexity index is 437. The highest BCUT2D eigenvalue weighted by atomic mass is 16.2.